The Hall–Kier alpha value is -0.840. The maximum Gasteiger partial charge on any atom is 0.168 e. The third kappa shape index (κ3) is 3.84. The van der Waals surface area contributed by atoms with Crippen LogP contribution in [0.3, 0.4) is 0 Å². The highest BCUT2D eigenvalue weighted by molar-refractivity contribution is 7.98. The standard InChI is InChI=1S/C16H24N2OS/c1-12-4-5-15(20-3)14(10-12)16(19)13(2)11-18-8-6-17-7-9-18/h4-5,10,13,17H,6-9,11H2,1-3H3. The van der Waals surface area contributed by atoms with Crippen LogP contribution in [0.4, 0.5) is 0 Å². The van der Waals surface area contributed by atoms with Gasteiger partial charge in [-0.25, -0.2) is 0 Å². The number of carbonyl (C=O) groups excluding carboxylic acids is 1. The molecule has 2 rings (SSSR count). The summed E-state index contributed by atoms with van der Waals surface area (Å²) in [5.74, 6) is 0.331. The van der Waals surface area contributed by atoms with Gasteiger partial charge in [-0.15, -0.1) is 11.8 Å². The minimum atomic E-state index is 0.0563. The molecule has 4 heteroatoms. The van der Waals surface area contributed by atoms with E-state index in [1.807, 2.05) is 19.2 Å². The van der Waals surface area contributed by atoms with Gasteiger partial charge in [-0.1, -0.05) is 18.6 Å². The van der Waals surface area contributed by atoms with Crippen molar-refractivity contribution in [3.63, 3.8) is 0 Å². The van der Waals surface area contributed by atoms with Crippen LogP contribution in [0.25, 0.3) is 0 Å². The van der Waals surface area contributed by atoms with E-state index in [1.54, 1.807) is 11.8 Å². The van der Waals surface area contributed by atoms with Crippen molar-refractivity contribution >= 4 is 17.5 Å². The topological polar surface area (TPSA) is 32.3 Å². The number of ketones is 1. The highest BCUT2D eigenvalue weighted by atomic mass is 32.2. The normalized spacial score (nSPS) is 17.9. The van der Waals surface area contributed by atoms with Crippen LogP contribution in [0.1, 0.15) is 22.8 Å². The van der Waals surface area contributed by atoms with Gasteiger partial charge in [0, 0.05) is 49.1 Å². The van der Waals surface area contributed by atoms with Crippen LogP contribution in [-0.2, 0) is 0 Å². The summed E-state index contributed by atoms with van der Waals surface area (Å²) in [7, 11) is 0. The Morgan fingerprint density at radius 3 is 2.75 bits per heavy atom. The number of hydrogen-bond acceptors (Lipinski definition) is 4. The number of benzene rings is 1. The van der Waals surface area contributed by atoms with Crippen LogP contribution in [-0.4, -0.2) is 49.7 Å². The van der Waals surface area contributed by atoms with E-state index in [4.69, 9.17) is 0 Å². The predicted molar refractivity (Wildman–Crippen MR) is 85.8 cm³/mol. The molecule has 1 fully saturated rings. The number of rotatable bonds is 5. The first-order valence-corrected chi connectivity index (χ1v) is 8.46. The fraction of sp³-hybridized carbons (Fsp3) is 0.562. The van der Waals surface area contributed by atoms with E-state index in [-0.39, 0.29) is 11.7 Å². The third-order valence-corrected chi connectivity index (χ3v) is 4.61. The van der Waals surface area contributed by atoms with Crippen LogP contribution in [0.2, 0.25) is 0 Å². The van der Waals surface area contributed by atoms with Gasteiger partial charge in [0.2, 0.25) is 0 Å². The van der Waals surface area contributed by atoms with E-state index in [9.17, 15) is 4.79 Å². The average molecular weight is 292 g/mol. The zero-order chi connectivity index (χ0) is 14.5. The van der Waals surface area contributed by atoms with E-state index in [1.165, 1.54) is 0 Å². The molecular weight excluding hydrogens is 268 g/mol. The number of nitrogens with zero attached hydrogens (tertiary/aromatic N) is 1. The van der Waals surface area contributed by atoms with E-state index in [2.05, 4.69) is 29.3 Å². The number of carbonyl (C=O) groups is 1. The molecule has 1 atom stereocenters. The van der Waals surface area contributed by atoms with Crippen molar-refractivity contribution in [2.75, 3.05) is 39.0 Å². The minimum absolute atomic E-state index is 0.0563. The third-order valence-electron chi connectivity index (χ3n) is 3.81. The van der Waals surface area contributed by atoms with Crippen molar-refractivity contribution in [2.45, 2.75) is 18.7 Å². The summed E-state index contributed by atoms with van der Waals surface area (Å²) < 4.78 is 0. The van der Waals surface area contributed by atoms with Gasteiger partial charge in [0.25, 0.3) is 0 Å². The molecule has 0 spiro atoms. The number of thioether (sulfide) groups is 1. The summed E-state index contributed by atoms with van der Waals surface area (Å²) in [4.78, 5) is 16.2. The van der Waals surface area contributed by atoms with Gasteiger partial charge < -0.3 is 10.2 Å². The molecule has 0 aromatic heterocycles. The lowest BCUT2D eigenvalue weighted by Gasteiger charge is -2.29. The fourth-order valence-corrected chi connectivity index (χ4v) is 3.23. The SMILES string of the molecule is CSc1ccc(C)cc1C(=O)C(C)CN1CCNCC1. The molecule has 1 unspecified atom stereocenters. The Kier molecular flexibility index (Phi) is 5.64. The van der Waals surface area contributed by atoms with Crippen molar-refractivity contribution < 1.29 is 4.79 Å². The smallest absolute Gasteiger partial charge is 0.168 e. The second kappa shape index (κ2) is 7.25. The van der Waals surface area contributed by atoms with Gasteiger partial charge in [-0.2, -0.15) is 0 Å². The van der Waals surface area contributed by atoms with Gasteiger partial charge >= 0.3 is 0 Å². The molecule has 1 aromatic carbocycles. The van der Waals surface area contributed by atoms with Crippen molar-refractivity contribution in [1.29, 1.82) is 0 Å². The van der Waals surface area contributed by atoms with Gasteiger partial charge in [-0.3, -0.25) is 4.79 Å². The summed E-state index contributed by atoms with van der Waals surface area (Å²) in [5, 5.41) is 3.34. The van der Waals surface area contributed by atoms with Crippen molar-refractivity contribution in [2.24, 2.45) is 5.92 Å². The van der Waals surface area contributed by atoms with Crippen LogP contribution < -0.4 is 5.32 Å². The molecule has 0 aliphatic carbocycles. The predicted octanol–water partition coefficient (Wildman–Crippen LogP) is 2.44. The Balaban J connectivity index is 2.07. The molecule has 0 radical (unpaired) electrons. The summed E-state index contributed by atoms with van der Waals surface area (Å²) in [6.07, 6.45) is 2.03. The number of hydrogen-bond donors (Lipinski definition) is 1. The summed E-state index contributed by atoms with van der Waals surface area (Å²) in [6.45, 7) is 9.10. The maximum absolute atomic E-state index is 12.7. The zero-order valence-electron chi connectivity index (χ0n) is 12.6. The molecule has 0 amide bonds. The van der Waals surface area contributed by atoms with Crippen molar-refractivity contribution in [3.05, 3.63) is 29.3 Å². The minimum Gasteiger partial charge on any atom is -0.314 e. The first-order chi connectivity index (χ1) is 9.61. The highest BCUT2D eigenvalue weighted by Crippen LogP contribution is 2.24. The molecule has 0 saturated carbocycles. The van der Waals surface area contributed by atoms with Crippen molar-refractivity contribution in [1.82, 2.24) is 10.2 Å². The first kappa shape index (κ1) is 15.5. The molecule has 0 bridgehead atoms. The summed E-state index contributed by atoms with van der Waals surface area (Å²) >= 11 is 1.65. The van der Waals surface area contributed by atoms with Crippen LogP contribution >= 0.6 is 11.8 Å². The molecule has 3 nitrogen and oxygen atoms in total. The second-order valence-electron chi connectivity index (χ2n) is 5.52. The Labute approximate surface area is 126 Å². The molecule has 110 valence electrons. The molecule has 1 aliphatic heterocycles. The molecule has 1 saturated heterocycles. The Bertz CT molecular complexity index is 470. The van der Waals surface area contributed by atoms with Crippen molar-refractivity contribution in [3.8, 4) is 0 Å². The van der Waals surface area contributed by atoms with Crippen LogP contribution in [0.15, 0.2) is 23.1 Å². The maximum atomic E-state index is 12.7. The Morgan fingerprint density at radius 2 is 2.10 bits per heavy atom. The van der Waals surface area contributed by atoms with E-state index in [0.717, 1.165) is 48.7 Å². The lowest BCUT2D eigenvalue weighted by atomic mass is 9.97. The van der Waals surface area contributed by atoms with Gasteiger partial charge in [0.05, 0.1) is 0 Å². The first-order valence-electron chi connectivity index (χ1n) is 7.23. The average Bonchev–Trinajstić information content (AvgIpc) is 2.47. The van der Waals surface area contributed by atoms with Crippen LogP contribution in [0, 0.1) is 12.8 Å². The van der Waals surface area contributed by atoms with Gasteiger partial charge in [-0.05, 0) is 25.3 Å². The molecule has 1 aromatic rings. The van der Waals surface area contributed by atoms with E-state index in [0.29, 0.717) is 0 Å². The molecule has 1 N–H and O–H groups in total. The number of nitrogens with one attached hydrogen (secondary N) is 1. The number of aryl methyl sites for hydroxylation is 1. The largest absolute Gasteiger partial charge is 0.314 e. The lowest BCUT2D eigenvalue weighted by Crippen LogP contribution is -2.45. The second-order valence-corrected chi connectivity index (χ2v) is 6.37. The Morgan fingerprint density at radius 1 is 1.40 bits per heavy atom. The van der Waals surface area contributed by atoms with Crippen LogP contribution in [0.5, 0.6) is 0 Å². The molecule has 1 aliphatic rings. The molecule has 1 heterocycles. The van der Waals surface area contributed by atoms with E-state index >= 15 is 0 Å². The van der Waals surface area contributed by atoms with Gasteiger partial charge in [0.1, 0.15) is 0 Å². The highest BCUT2D eigenvalue weighted by Gasteiger charge is 2.21. The number of Topliss-reactive ketones (excluding diaryl/α,β-unsaturated/α-hetero) is 1. The summed E-state index contributed by atoms with van der Waals surface area (Å²) in [5.41, 5.74) is 2.04. The monoisotopic (exact) mass is 292 g/mol. The van der Waals surface area contributed by atoms with E-state index < -0.39 is 0 Å². The van der Waals surface area contributed by atoms with Gasteiger partial charge in [0.15, 0.2) is 5.78 Å². The fourth-order valence-electron chi connectivity index (χ4n) is 2.64. The quantitative estimate of drug-likeness (QED) is 0.667. The summed E-state index contributed by atoms with van der Waals surface area (Å²) in [6, 6.07) is 6.16. The lowest BCUT2D eigenvalue weighted by molar-refractivity contribution is 0.0884. The molecular formula is C16H24N2OS. The molecule has 20 heavy (non-hydrogen) atoms. The number of piperazine rings is 1. The zero-order valence-corrected chi connectivity index (χ0v) is 13.4.